The molecule has 0 radical (unpaired) electrons. The molecule has 4 heteroatoms. The summed E-state index contributed by atoms with van der Waals surface area (Å²) in [5.41, 5.74) is 1.11. The van der Waals surface area contributed by atoms with E-state index in [1.165, 1.54) is 0 Å². The fourth-order valence-electron chi connectivity index (χ4n) is 1.71. The summed E-state index contributed by atoms with van der Waals surface area (Å²) < 4.78 is 5.65. The molecule has 1 aromatic carbocycles. The molecule has 0 bridgehead atoms. The average molecular weight is 271 g/mol. The predicted molar refractivity (Wildman–Crippen MR) is 77.6 cm³/mol. The third-order valence-electron chi connectivity index (χ3n) is 2.76. The van der Waals surface area contributed by atoms with Crippen LogP contribution in [0.3, 0.4) is 0 Å². The van der Waals surface area contributed by atoms with E-state index in [0.29, 0.717) is 6.61 Å². The van der Waals surface area contributed by atoms with E-state index in [2.05, 4.69) is 24.1 Å². The third kappa shape index (κ3) is 4.84. The Bertz CT molecular complexity index is 369. The number of hydrogen-bond acceptors (Lipinski definition) is 3. The first-order valence-electron chi connectivity index (χ1n) is 6.35. The molecule has 1 N–H and O–H groups in total. The smallest absolute Gasteiger partial charge is 0.120 e. The number of ether oxygens (including phenoxy) is 1. The lowest BCUT2D eigenvalue weighted by Crippen LogP contribution is -2.19. The van der Waals surface area contributed by atoms with Gasteiger partial charge in [-0.25, -0.2) is 0 Å². The molecule has 102 valence electrons. The van der Waals surface area contributed by atoms with Crippen molar-refractivity contribution >= 4 is 11.6 Å². The minimum absolute atomic E-state index is 0.262. The molecule has 1 unspecified atom stereocenters. The normalized spacial score (nSPS) is 12.8. The highest BCUT2D eigenvalue weighted by molar-refractivity contribution is 6.31. The Hall–Kier alpha value is -0.770. The van der Waals surface area contributed by atoms with Gasteiger partial charge in [-0.05, 0) is 45.3 Å². The van der Waals surface area contributed by atoms with Crippen molar-refractivity contribution in [1.29, 1.82) is 0 Å². The fraction of sp³-hybridized carbons (Fsp3) is 0.571. The molecule has 3 nitrogen and oxygen atoms in total. The lowest BCUT2D eigenvalue weighted by molar-refractivity contribution is 0.261. The van der Waals surface area contributed by atoms with E-state index in [1.54, 1.807) is 0 Å². The number of likely N-dealkylation sites (N-methyl/N-ethyl adjacent to an activating group) is 1. The minimum atomic E-state index is 0.262. The Balaban J connectivity index is 2.61. The standard InChI is InChI=1S/C14H23ClN2O/c1-5-16-11(2)13-7-6-12(10-14(13)15)18-9-8-17(3)4/h6-7,10-11,16H,5,8-9H2,1-4H3. The summed E-state index contributed by atoms with van der Waals surface area (Å²) in [5, 5.41) is 4.10. The summed E-state index contributed by atoms with van der Waals surface area (Å²) in [6.07, 6.45) is 0. The second kappa shape index (κ2) is 7.62. The average Bonchev–Trinajstić information content (AvgIpc) is 2.28. The van der Waals surface area contributed by atoms with Crippen LogP contribution in [0.15, 0.2) is 18.2 Å². The van der Waals surface area contributed by atoms with Gasteiger partial charge >= 0.3 is 0 Å². The fourth-order valence-corrected chi connectivity index (χ4v) is 2.05. The summed E-state index contributed by atoms with van der Waals surface area (Å²) in [7, 11) is 4.05. The molecule has 18 heavy (non-hydrogen) atoms. The van der Waals surface area contributed by atoms with Crippen LogP contribution in [-0.2, 0) is 0 Å². The van der Waals surface area contributed by atoms with E-state index in [9.17, 15) is 0 Å². The van der Waals surface area contributed by atoms with Gasteiger partial charge in [0.1, 0.15) is 12.4 Å². The molecule has 1 rings (SSSR count). The number of nitrogens with zero attached hydrogens (tertiary/aromatic N) is 1. The number of halogens is 1. The second-order valence-corrected chi connectivity index (χ2v) is 5.02. The van der Waals surface area contributed by atoms with Crippen LogP contribution in [0.1, 0.15) is 25.5 Å². The number of rotatable bonds is 7. The quantitative estimate of drug-likeness (QED) is 0.824. The molecular weight excluding hydrogens is 248 g/mol. The van der Waals surface area contributed by atoms with Crippen LogP contribution in [0.25, 0.3) is 0 Å². The van der Waals surface area contributed by atoms with E-state index >= 15 is 0 Å². The summed E-state index contributed by atoms with van der Waals surface area (Å²) in [5.74, 6) is 0.828. The van der Waals surface area contributed by atoms with Crippen LogP contribution in [-0.4, -0.2) is 38.7 Å². The first kappa shape index (κ1) is 15.3. The highest BCUT2D eigenvalue weighted by Gasteiger charge is 2.09. The molecule has 1 aromatic rings. The highest BCUT2D eigenvalue weighted by Crippen LogP contribution is 2.27. The van der Waals surface area contributed by atoms with Gasteiger partial charge in [0.25, 0.3) is 0 Å². The Labute approximate surface area is 115 Å². The maximum absolute atomic E-state index is 6.27. The Kier molecular flexibility index (Phi) is 6.47. The molecule has 0 saturated heterocycles. The monoisotopic (exact) mass is 270 g/mol. The topological polar surface area (TPSA) is 24.5 Å². The Morgan fingerprint density at radius 3 is 2.67 bits per heavy atom. The summed E-state index contributed by atoms with van der Waals surface area (Å²) in [4.78, 5) is 2.09. The number of benzene rings is 1. The maximum atomic E-state index is 6.27. The first-order chi connectivity index (χ1) is 8.54. The van der Waals surface area contributed by atoms with Gasteiger partial charge in [0.05, 0.1) is 0 Å². The van der Waals surface area contributed by atoms with Crippen molar-refractivity contribution < 1.29 is 4.74 Å². The SMILES string of the molecule is CCNC(C)c1ccc(OCCN(C)C)cc1Cl. The molecule has 0 aromatic heterocycles. The Morgan fingerprint density at radius 1 is 1.39 bits per heavy atom. The van der Waals surface area contributed by atoms with Gasteiger partial charge < -0.3 is 15.0 Å². The molecular formula is C14H23ClN2O. The molecule has 0 amide bonds. The van der Waals surface area contributed by atoms with E-state index in [-0.39, 0.29) is 6.04 Å². The van der Waals surface area contributed by atoms with E-state index in [4.69, 9.17) is 16.3 Å². The van der Waals surface area contributed by atoms with Crippen LogP contribution >= 0.6 is 11.6 Å². The van der Waals surface area contributed by atoms with Gasteiger partial charge in [-0.3, -0.25) is 0 Å². The molecule has 0 saturated carbocycles. The van der Waals surface area contributed by atoms with Crippen LogP contribution in [0.2, 0.25) is 5.02 Å². The molecule has 0 heterocycles. The largest absolute Gasteiger partial charge is 0.492 e. The van der Waals surface area contributed by atoms with Crippen molar-refractivity contribution in [3.8, 4) is 5.75 Å². The zero-order valence-electron chi connectivity index (χ0n) is 11.7. The van der Waals surface area contributed by atoms with Crippen molar-refractivity contribution in [2.45, 2.75) is 19.9 Å². The summed E-state index contributed by atoms with van der Waals surface area (Å²) in [6.45, 7) is 6.69. The van der Waals surface area contributed by atoms with Gasteiger partial charge in [0, 0.05) is 17.6 Å². The van der Waals surface area contributed by atoms with Gasteiger partial charge in [0.2, 0.25) is 0 Å². The van der Waals surface area contributed by atoms with E-state index < -0.39 is 0 Å². The van der Waals surface area contributed by atoms with Crippen molar-refractivity contribution in [2.75, 3.05) is 33.8 Å². The zero-order chi connectivity index (χ0) is 13.5. The number of nitrogens with one attached hydrogen (secondary N) is 1. The number of hydrogen-bond donors (Lipinski definition) is 1. The van der Waals surface area contributed by atoms with Crippen LogP contribution in [0.4, 0.5) is 0 Å². The van der Waals surface area contributed by atoms with Gasteiger partial charge in [-0.1, -0.05) is 24.6 Å². The van der Waals surface area contributed by atoms with Crippen molar-refractivity contribution in [2.24, 2.45) is 0 Å². The first-order valence-corrected chi connectivity index (χ1v) is 6.72. The predicted octanol–water partition coefficient (Wildman–Crippen LogP) is 2.95. The lowest BCUT2D eigenvalue weighted by atomic mass is 10.1. The van der Waals surface area contributed by atoms with Crippen LogP contribution in [0.5, 0.6) is 5.75 Å². The Morgan fingerprint density at radius 2 is 2.11 bits per heavy atom. The molecule has 0 fully saturated rings. The van der Waals surface area contributed by atoms with Crippen LogP contribution < -0.4 is 10.1 Å². The molecule has 0 aliphatic rings. The summed E-state index contributed by atoms with van der Waals surface area (Å²) in [6, 6.07) is 6.16. The molecule has 0 aliphatic carbocycles. The lowest BCUT2D eigenvalue weighted by Gasteiger charge is -2.16. The summed E-state index contributed by atoms with van der Waals surface area (Å²) >= 11 is 6.27. The van der Waals surface area contributed by atoms with Crippen molar-refractivity contribution in [3.63, 3.8) is 0 Å². The van der Waals surface area contributed by atoms with Gasteiger partial charge in [-0.15, -0.1) is 0 Å². The van der Waals surface area contributed by atoms with Gasteiger partial charge in [-0.2, -0.15) is 0 Å². The van der Waals surface area contributed by atoms with Crippen LogP contribution in [0, 0.1) is 0 Å². The highest BCUT2D eigenvalue weighted by atomic mass is 35.5. The maximum Gasteiger partial charge on any atom is 0.120 e. The van der Waals surface area contributed by atoms with E-state index in [1.807, 2.05) is 32.3 Å². The van der Waals surface area contributed by atoms with Gasteiger partial charge in [0.15, 0.2) is 0 Å². The third-order valence-corrected chi connectivity index (χ3v) is 3.08. The van der Waals surface area contributed by atoms with E-state index in [0.717, 1.165) is 29.4 Å². The molecule has 1 atom stereocenters. The minimum Gasteiger partial charge on any atom is -0.492 e. The second-order valence-electron chi connectivity index (χ2n) is 4.61. The zero-order valence-corrected chi connectivity index (χ0v) is 12.4. The van der Waals surface area contributed by atoms with Crippen molar-refractivity contribution in [1.82, 2.24) is 10.2 Å². The molecule has 0 aliphatic heterocycles. The molecule has 0 spiro atoms. The van der Waals surface area contributed by atoms with Crippen molar-refractivity contribution in [3.05, 3.63) is 28.8 Å².